The number of hydrogen-bond acceptors (Lipinski definition) is 7. The molecule has 1 fully saturated rings. The summed E-state index contributed by atoms with van der Waals surface area (Å²) < 4.78 is 18.2. The van der Waals surface area contributed by atoms with Crippen molar-refractivity contribution in [2.75, 3.05) is 14.2 Å². The van der Waals surface area contributed by atoms with Crippen LogP contribution in [-0.2, 0) is 11.2 Å². The molecule has 0 radical (unpaired) electrons. The summed E-state index contributed by atoms with van der Waals surface area (Å²) in [6.07, 6.45) is 3.14. The fraction of sp³-hybridized carbons (Fsp3) is 0.440. The molecule has 1 aromatic heterocycles. The third-order valence-corrected chi connectivity index (χ3v) is 7.25. The van der Waals surface area contributed by atoms with Crippen molar-refractivity contribution in [3.8, 4) is 11.5 Å². The van der Waals surface area contributed by atoms with Crippen LogP contribution in [0.5, 0.6) is 11.5 Å². The van der Waals surface area contributed by atoms with E-state index in [2.05, 4.69) is 4.98 Å². The lowest BCUT2D eigenvalue weighted by atomic mass is 9.99. The molecule has 2 aromatic carbocycles. The molecular weight excluding hydrogens is 442 g/mol. The Hall–Kier alpha value is -2.68. The number of ether oxygens (including phenoxy) is 3. The Morgan fingerprint density at radius 3 is 2.45 bits per heavy atom. The molecule has 0 bridgehead atoms. The molecule has 4 rings (SSSR count). The van der Waals surface area contributed by atoms with E-state index in [0.29, 0.717) is 29.0 Å². The van der Waals surface area contributed by atoms with Gasteiger partial charge < -0.3 is 24.4 Å². The number of aliphatic hydroxyl groups excluding tert-OH is 1. The molecule has 33 heavy (non-hydrogen) atoms. The number of carboxylic acids is 1. The van der Waals surface area contributed by atoms with E-state index in [1.165, 1.54) is 11.3 Å². The monoisotopic (exact) mass is 471 g/mol. The van der Waals surface area contributed by atoms with Crippen molar-refractivity contribution in [1.29, 1.82) is 0 Å². The summed E-state index contributed by atoms with van der Waals surface area (Å²) >= 11 is 1.43. The Labute approximate surface area is 196 Å². The number of rotatable bonds is 9. The van der Waals surface area contributed by atoms with Gasteiger partial charge >= 0.3 is 5.97 Å². The summed E-state index contributed by atoms with van der Waals surface area (Å²) in [4.78, 5) is 16.2. The number of benzene rings is 2. The molecule has 0 saturated heterocycles. The maximum Gasteiger partial charge on any atom is 0.337 e. The Bertz CT molecular complexity index is 1110. The second-order valence-corrected chi connectivity index (χ2v) is 9.46. The Kier molecular flexibility index (Phi) is 7.17. The summed E-state index contributed by atoms with van der Waals surface area (Å²) in [5.74, 6) is 0.262. The summed E-state index contributed by atoms with van der Waals surface area (Å²) in [7, 11) is 3.18. The minimum Gasteiger partial charge on any atom is -0.496 e. The summed E-state index contributed by atoms with van der Waals surface area (Å²) in [6, 6.07) is 8.77. The third kappa shape index (κ3) is 4.98. The van der Waals surface area contributed by atoms with E-state index in [-0.39, 0.29) is 11.7 Å². The van der Waals surface area contributed by atoms with Crippen molar-refractivity contribution in [3.63, 3.8) is 0 Å². The average Bonchev–Trinajstić information content (AvgIpc) is 3.47. The number of thiazole rings is 1. The SMILES string of the molecule is COc1cc([C@H](O)[C@H](Cc2nc3c(C(=O)O)cccc3s2)OC2CCCC2)cc(OC)c1C. The van der Waals surface area contributed by atoms with Gasteiger partial charge in [0, 0.05) is 12.0 Å². The second-order valence-electron chi connectivity index (χ2n) is 8.35. The molecule has 0 amide bonds. The van der Waals surface area contributed by atoms with E-state index >= 15 is 0 Å². The minimum absolute atomic E-state index is 0.0860. The van der Waals surface area contributed by atoms with Crippen LogP contribution in [0.15, 0.2) is 30.3 Å². The van der Waals surface area contributed by atoms with E-state index in [1.807, 2.05) is 25.1 Å². The van der Waals surface area contributed by atoms with Crippen LogP contribution >= 0.6 is 11.3 Å². The lowest BCUT2D eigenvalue weighted by Gasteiger charge is -2.27. The molecule has 2 atom stereocenters. The first kappa shape index (κ1) is 23.5. The molecule has 1 saturated carbocycles. The van der Waals surface area contributed by atoms with Crippen molar-refractivity contribution >= 4 is 27.5 Å². The largest absolute Gasteiger partial charge is 0.496 e. The highest BCUT2D eigenvalue weighted by Gasteiger charge is 2.30. The Morgan fingerprint density at radius 1 is 1.18 bits per heavy atom. The van der Waals surface area contributed by atoms with Gasteiger partial charge in [-0.25, -0.2) is 9.78 Å². The molecule has 3 aromatic rings. The zero-order chi connectivity index (χ0) is 23.5. The molecular formula is C25H29NO6S. The highest BCUT2D eigenvalue weighted by Crippen LogP contribution is 2.36. The number of carbonyl (C=O) groups is 1. The zero-order valence-electron chi connectivity index (χ0n) is 19.0. The fourth-order valence-corrected chi connectivity index (χ4v) is 5.46. The normalized spacial score (nSPS) is 16.1. The van der Waals surface area contributed by atoms with Crippen molar-refractivity contribution < 1.29 is 29.2 Å². The van der Waals surface area contributed by atoms with Gasteiger partial charge in [0.2, 0.25) is 0 Å². The van der Waals surface area contributed by atoms with E-state index in [9.17, 15) is 15.0 Å². The molecule has 0 spiro atoms. The van der Waals surface area contributed by atoms with E-state index in [0.717, 1.165) is 41.0 Å². The highest BCUT2D eigenvalue weighted by molar-refractivity contribution is 7.18. The van der Waals surface area contributed by atoms with Gasteiger partial charge in [0.1, 0.15) is 17.6 Å². The van der Waals surface area contributed by atoms with Gasteiger partial charge in [-0.1, -0.05) is 18.9 Å². The lowest BCUT2D eigenvalue weighted by molar-refractivity contribution is -0.0753. The Balaban J connectivity index is 1.68. The number of fused-ring (bicyclic) bond motifs is 1. The first-order valence-corrected chi connectivity index (χ1v) is 11.9. The summed E-state index contributed by atoms with van der Waals surface area (Å²) in [6.45, 7) is 1.90. The lowest BCUT2D eigenvalue weighted by Crippen LogP contribution is -2.29. The molecule has 7 nitrogen and oxygen atoms in total. The number of aromatic carboxylic acids is 1. The van der Waals surface area contributed by atoms with Crippen LogP contribution in [0.2, 0.25) is 0 Å². The standard InChI is InChI=1S/C25H29NO6S/c1-14-18(30-2)11-15(12-19(14)31-3)24(27)20(32-16-7-4-5-8-16)13-22-26-23-17(25(28)29)9-6-10-21(23)33-22/h6,9-12,16,20,24,27H,4-5,7-8,13H2,1-3H3,(H,28,29)/t20-,24-/m0/s1. The number of nitrogens with zero attached hydrogens (tertiary/aromatic N) is 1. The highest BCUT2D eigenvalue weighted by atomic mass is 32.1. The summed E-state index contributed by atoms with van der Waals surface area (Å²) in [5, 5.41) is 21.6. The molecule has 8 heteroatoms. The maximum atomic E-state index is 11.6. The van der Waals surface area contributed by atoms with Crippen LogP contribution in [0.3, 0.4) is 0 Å². The average molecular weight is 472 g/mol. The first-order valence-electron chi connectivity index (χ1n) is 11.1. The van der Waals surface area contributed by atoms with E-state index < -0.39 is 18.2 Å². The van der Waals surface area contributed by atoms with Gasteiger partial charge in [-0.05, 0) is 49.6 Å². The van der Waals surface area contributed by atoms with Crippen molar-refractivity contribution in [1.82, 2.24) is 4.98 Å². The number of aliphatic hydroxyl groups is 1. The quantitative estimate of drug-likeness (QED) is 0.457. The maximum absolute atomic E-state index is 11.6. The summed E-state index contributed by atoms with van der Waals surface area (Å²) in [5.41, 5.74) is 2.15. The molecule has 1 aliphatic rings. The first-order chi connectivity index (χ1) is 15.9. The van der Waals surface area contributed by atoms with Gasteiger partial charge in [0.05, 0.1) is 47.2 Å². The second kappa shape index (κ2) is 10.1. The predicted octanol–water partition coefficient (Wildman–Crippen LogP) is 4.92. The van der Waals surface area contributed by atoms with Gasteiger partial charge in [-0.3, -0.25) is 0 Å². The van der Waals surface area contributed by atoms with Gasteiger partial charge in [-0.2, -0.15) is 0 Å². The molecule has 176 valence electrons. The molecule has 2 N–H and O–H groups in total. The number of hydrogen-bond donors (Lipinski definition) is 2. The fourth-order valence-electron chi connectivity index (χ4n) is 4.42. The van der Waals surface area contributed by atoms with Gasteiger partial charge in [0.25, 0.3) is 0 Å². The van der Waals surface area contributed by atoms with E-state index in [1.54, 1.807) is 26.4 Å². The van der Waals surface area contributed by atoms with Crippen LogP contribution < -0.4 is 9.47 Å². The van der Waals surface area contributed by atoms with Gasteiger partial charge in [0.15, 0.2) is 0 Å². The number of carboxylic acid groups (broad SMARTS) is 1. The molecule has 0 aliphatic heterocycles. The van der Waals surface area contributed by atoms with Crippen LogP contribution in [0.25, 0.3) is 10.2 Å². The molecule has 1 aliphatic carbocycles. The van der Waals surface area contributed by atoms with Gasteiger partial charge in [-0.15, -0.1) is 11.3 Å². The molecule has 1 heterocycles. The number of aromatic nitrogens is 1. The zero-order valence-corrected chi connectivity index (χ0v) is 19.9. The topological polar surface area (TPSA) is 98.1 Å². The van der Waals surface area contributed by atoms with E-state index in [4.69, 9.17) is 14.2 Å². The third-order valence-electron chi connectivity index (χ3n) is 6.21. The van der Waals surface area contributed by atoms with Crippen LogP contribution in [0.4, 0.5) is 0 Å². The van der Waals surface area contributed by atoms with Crippen LogP contribution in [0.1, 0.15) is 58.3 Å². The van der Waals surface area contributed by atoms with Crippen molar-refractivity contribution in [2.24, 2.45) is 0 Å². The Morgan fingerprint density at radius 2 is 1.85 bits per heavy atom. The smallest absolute Gasteiger partial charge is 0.337 e. The van der Waals surface area contributed by atoms with Crippen LogP contribution in [-0.4, -0.2) is 47.6 Å². The van der Waals surface area contributed by atoms with Crippen molar-refractivity contribution in [2.45, 2.75) is 57.3 Å². The number of methoxy groups -OCH3 is 2. The molecule has 0 unspecified atom stereocenters. The van der Waals surface area contributed by atoms with Crippen molar-refractivity contribution in [3.05, 3.63) is 52.0 Å². The van der Waals surface area contributed by atoms with Crippen LogP contribution in [0, 0.1) is 6.92 Å². The minimum atomic E-state index is -1.00. The predicted molar refractivity (Wildman–Crippen MR) is 127 cm³/mol. The number of para-hydroxylation sites is 1.